The summed E-state index contributed by atoms with van der Waals surface area (Å²) in [4.78, 5) is 22.8. The van der Waals surface area contributed by atoms with E-state index in [-0.39, 0.29) is 13.2 Å². The zero-order valence-corrected chi connectivity index (χ0v) is 12.6. The molecule has 2 amide bonds. The van der Waals surface area contributed by atoms with Gasteiger partial charge in [-0.3, -0.25) is 4.79 Å². The fourth-order valence-corrected chi connectivity index (χ4v) is 2.39. The first-order chi connectivity index (χ1) is 9.47. The molecule has 2 atom stereocenters. The van der Waals surface area contributed by atoms with Crippen LogP contribution in [0.3, 0.4) is 0 Å². The van der Waals surface area contributed by atoms with E-state index in [4.69, 9.17) is 21.4 Å². The maximum atomic E-state index is 11.9. The lowest BCUT2D eigenvalue weighted by molar-refractivity contribution is -0.142. The average molecular weight is 364 g/mol. The van der Waals surface area contributed by atoms with Crippen LogP contribution in [0.25, 0.3) is 0 Å². The quantitative estimate of drug-likeness (QED) is 0.769. The summed E-state index contributed by atoms with van der Waals surface area (Å²) in [6, 6.07) is 3.96. The van der Waals surface area contributed by atoms with Crippen LogP contribution in [-0.2, 0) is 9.53 Å². The summed E-state index contributed by atoms with van der Waals surface area (Å²) in [6.45, 7) is 0.272. The summed E-state index contributed by atoms with van der Waals surface area (Å²) in [7, 11) is 0. The number of carboxylic acid groups (broad SMARTS) is 1. The van der Waals surface area contributed by atoms with Gasteiger partial charge in [-0.1, -0.05) is 27.5 Å². The van der Waals surface area contributed by atoms with Crippen molar-refractivity contribution in [2.75, 3.05) is 18.5 Å². The van der Waals surface area contributed by atoms with Gasteiger partial charge in [0.2, 0.25) is 0 Å². The zero-order chi connectivity index (χ0) is 14.7. The number of carbonyl (C=O) groups is 2. The number of aliphatic carboxylic acids is 1. The molecule has 1 aliphatic rings. The number of halogens is 2. The molecule has 1 aromatic rings. The molecule has 0 radical (unpaired) electrons. The van der Waals surface area contributed by atoms with Gasteiger partial charge >= 0.3 is 12.0 Å². The minimum absolute atomic E-state index is 0.0952. The number of amides is 2. The second kappa shape index (κ2) is 6.43. The summed E-state index contributed by atoms with van der Waals surface area (Å²) in [6.07, 6.45) is 0. The van der Waals surface area contributed by atoms with E-state index in [9.17, 15) is 9.59 Å². The highest BCUT2D eigenvalue weighted by atomic mass is 79.9. The minimum Gasteiger partial charge on any atom is -0.481 e. The van der Waals surface area contributed by atoms with Crippen LogP contribution >= 0.6 is 27.5 Å². The number of nitrogens with one attached hydrogen (secondary N) is 2. The second-order valence-corrected chi connectivity index (χ2v) is 5.63. The van der Waals surface area contributed by atoms with Crippen molar-refractivity contribution in [1.29, 1.82) is 0 Å². The van der Waals surface area contributed by atoms with Gasteiger partial charge in [-0.05, 0) is 18.2 Å². The van der Waals surface area contributed by atoms with Crippen molar-refractivity contribution in [1.82, 2.24) is 5.32 Å². The largest absolute Gasteiger partial charge is 0.481 e. The molecular formula is C12H12BrClN2O4. The van der Waals surface area contributed by atoms with Crippen LogP contribution in [0.2, 0.25) is 5.02 Å². The summed E-state index contributed by atoms with van der Waals surface area (Å²) >= 11 is 9.23. The Kier molecular flexibility index (Phi) is 4.85. The molecule has 1 aromatic carbocycles. The van der Waals surface area contributed by atoms with Gasteiger partial charge in [-0.15, -0.1) is 0 Å². The second-order valence-electron chi connectivity index (χ2n) is 4.31. The molecule has 8 heteroatoms. The number of rotatable bonds is 3. The van der Waals surface area contributed by atoms with E-state index in [2.05, 4.69) is 26.6 Å². The average Bonchev–Trinajstić information content (AvgIpc) is 2.82. The Hall–Kier alpha value is -1.31. The molecule has 3 N–H and O–H groups in total. The Morgan fingerprint density at radius 1 is 1.40 bits per heavy atom. The van der Waals surface area contributed by atoms with E-state index in [1.54, 1.807) is 18.2 Å². The SMILES string of the molecule is O=C(Nc1cc(Br)ccc1Cl)NC1COCC1C(=O)O. The van der Waals surface area contributed by atoms with Crippen LogP contribution in [-0.4, -0.2) is 36.4 Å². The molecule has 0 spiro atoms. The van der Waals surface area contributed by atoms with Crippen molar-refractivity contribution < 1.29 is 19.4 Å². The summed E-state index contributed by atoms with van der Waals surface area (Å²) in [5.74, 6) is -1.73. The van der Waals surface area contributed by atoms with Crippen molar-refractivity contribution in [2.24, 2.45) is 5.92 Å². The fourth-order valence-electron chi connectivity index (χ4n) is 1.86. The highest BCUT2D eigenvalue weighted by Crippen LogP contribution is 2.25. The molecule has 6 nitrogen and oxygen atoms in total. The van der Waals surface area contributed by atoms with Gasteiger partial charge in [0, 0.05) is 4.47 Å². The monoisotopic (exact) mass is 362 g/mol. The highest BCUT2D eigenvalue weighted by molar-refractivity contribution is 9.10. The van der Waals surface area contributed by atoms with Crippen LogP contribution in [0, 0.1) is 5.92 Å². The standard InChI is InChI=1S/C12H12BrClN2O4/c13-6-1-2-8(14)9(3-6)15-12(19)16-10-5-20-4-7(10)11(17)18/h1-3,7,10H,4-5H2,(H,17,18)(H2,15,16,19). The number of carbonyl (C=O) groups excluding carboxylic acids is 1. The van der Waals surface area contributed by atoms with E-state index < -0.39 is 24.0 Å². The maximum absolute atomic E-state index is 11.9. The van der Waals surface area contributed by atoms with Crippen molar-refractivity contribution in [3.8, 4) is 0 Å². The van der Waals surface area contributed by atoms with Gasteiger partial charge < -0.3 is 20.5 Å². The Morgan fingerprint density at radius 3 is 2.85 bits per heavy atom. The Bertz CT molecular complexity index is 540. The number of urea groups is 1. The van der Waals surface area contributed by atoms with E-state index in [1.807, 2.05) is 0 Å². The predicted octanol–water partition coefficient (Wildman–Crippen LogP) is 2.32. The third kappa shape index (κ3) is 3.62. The number of hydrogen-bond acceptors (Lipinski definition) is 3. The Balaban J connectivity index is 1.99. The van der Waals surface area contributed by atoms with E-state index in [1.165, 1.54) is 0 Å². The van der Waals surface area contributed by atoms with Gasteiger partial charge in [0.05, 0.1) is 30.0 Å². The molecule has 2 unspecified atom stereocenters. The van der Waals surface area contributed by atoms with Gasteiger partial charge in [-0.2, -0.15) is 0 Å². The van der Waals surface area contributed by atoms with Gasteiger partial charge in [0.1, 0.15) is 5.92 Å². The zero-order valence-electron chi connectivity index (χ0n) is 10.2. The van der Waals surface area contributed by atoms with Crippen LogP contribution in [0.5, 0.6) is 0 Å². The lowest BCUT2D eigenvalue weighted by Gasteiger charge is -2.16. The molecule has 1 aliphatic heterocycles. The van der Waals surface area contributed by atoms with Crippen LogP contribution in [0.1, 0.15) is 0 Å². The third-order valence-electron chi connectivity index (χ3n) is 2.89. The number of anilines is 1. The van der Waals surface area contributed by atoms with E-state index in [0.29, 0.717) is 10.7 Å². The summed E-state index contributed by atoms with van der Waals surface area (Å²) in [5, 5.41) is 14.5. The Labute approximate surface area is 128 Å². The molecule has 0 aromatic heterocycles. The minimum atomic E-state index is -0.992. The summed E-state index contributed by atoms with van der Waals surface area (Å²) < 4.78 is 5.84. The maximum Gasteiger partial charge on any atom is 0.319 e. The fraction of sp³-hybridized carbons (Fsp3) is 0.333. The molecule has 1 saturated heterocycles. The molecule has 20 heavy (non-hydrogen) atoms. The van der Waals surface area contributed by atoms with Crippen LogP contribution < -0.4 is 10.6 Å². The molecule has 1 fully saturated rings. The number of ether oxygens (including phenoxy) is 1. The lowest BCUT2D eigenvalue weighted by Crippen LogP contribution is -2.44. The third-order valence-corrected chi connectivity index (χ3v) is 3.71. The Morgan fingerprint density at radius 2 is 2.15 bits per heavy atom. The lowest BCUT2D eigenvalue weighted by atomic mass is 10.0. The molecule has 108 valence electrons. The van der Waals surface area contributed by atoms with Crippen molar-refractivity contribution in [3.05, 3.63) is 27.7 Å². The first-order valence-electron chi connectivity index (χ1n) is 5.80. The van der Waals surface area contributed by atoms with Crippen molar-refractivity contribution in [2.45, 2.75) is 6.04 Å². The predicted molar refractivity (Wildman–Crippen MR) is 77.0 cm³/mol. The summed E-state index contributed by atoms with van der Waals surface area (Å²) in [5.41, 5.74) is 0.435. The molecule has 0 saturated carbocycles. The molecule has 0 aliphatic carbocycles. The smallest absolute Gasteiger partial charge is 0.319 e. The highest BCUT2D eigenvalue weighted by Gasteiger charge is 2.35. The van der Waals surface area contributed by atoms with Crippen LogP contribution in [0.4, 0.5) is 10.5 Å². The van der Waals surface area contributed by atoms with Gasteiger partial charge in [-0.25, -0.2) is 4.79 Å². The van der Waals surface area contributed by atoms with Gasteiger partial charge in [0.15, 0.2) is 0 Å². The van der Waals surface area contributed by atoms with Crippen LogP contribution in [0.15, 0.2) is 22.7 Å². The van der Waals surface area contributed by atoms with E-state index >= 15 is 0 Å². The molecule has 0 bridgehead atoms. The first-order valence-corrected chi connectivity index (χ1v) is 6.97. The first kappa shape index (κ1) is 15.1. The number of hydrogen-bond donors (Lipinski definition) is 3. The topological polar surface area (TPSA) is 87.7 Å². The normalized spacial score (nSPS) is 21.5. The van der Waals surface area contributed by atoms with Crippen molar-refractivity contribution >= 4 is 45.2 Å². The number of benzene rings is 1. The number of carboxylic acids is 1. The van der Waals surface area contributed by atoms with Crippen molar-refractivity contribution in [3.63, 3.8) is 0 Å². The van der Waals surface area contributed by atoms with E-state index in [0.717, 1.165) is 4.47 Å². The molecule has 1 heterocycles. The van der Waals surface area contributed by atoms with Gasteiger partial charge in [0.25, 0.3) is 0 Å². The molecule has 2 rings (SSSR count). The molecular weight excluding hydrogens is 351 g/mol.